The van der Waals surface area contributed by atoms with E-state index in [1.54, 1.807) is 27.7 Å². The minimum Gasteiger partial charge on any atom is -0.452 e. The Morgan fingerprint density at radius 1 is 1.44 bits per heavy atom. The van der Waals surface area contributed by atoms with E-state index in [9.17, 15) is 9.90 Å². The van der Waals surface area contributed by atoms with Gasteiger partial charge in [0.25, 0.3) is 5.91 Å². The van der Waals surface area contributed by atoms with Gasteiger partial charge in [-0.15, -0.1) is 0 Å². The molecule has 0 aliphatic heterocycles. The van der Waals surface area contributed by atoms with Crippen molar-refractivity contribution in [1.82, 2.24) is 5.32 Å². The van der Waals surface area contributed by atoms with Gasteiger partial charge in [-0.1, -0.05) is 0 Å². The van der Waals surface area contributed by atoms with Crippen LogP contribution in [0.4, 0.5) is 0 Å². The monoisotopic (exact) mass is 245 g/mol. The lowest BCUT2D eigenvalue weighted by atomic mass is 9.86. The molecule has 5 heteroatoms. The molecule has 0 aliphatic carbocycles. The summed E-state index contributed by atoms with van der Waals surface area (Å²) < 4.78 is 4.83. The summed E-state index contributed by atoms with van der Waals surface area (Å²) in [6.07, 6.45) is 1.34. The number of aliphatic hydroxyl groups is 1. The van der Waals surface area contributed by atoms with Gasteiger partial charge in [-0.25, -0.2) is 0 Å². The van der Waals surface area contributed by atoms with Crippen molar-refractivity contribution in [3.63, 3.8) is 0 Å². The molecule has 16 heavy (non-hydrogen) atoms. The van der Waals surface area contributed by atoms with E-state index >= 15 is 0 Å². The average Bonchev–Trinajstić information content (AvgIpc) is 2.48. The van der Waals surface area contributed by atoms with Crippen LogP contribution in [0.2, 0.25) is 5.22 Å². The number of carbonyl (C=O) groups excluding carboxylic acids is 1. The van der Waals surface area contributed by atoms with Crippen LogP contribution in [0.5, 0.6) is 0 Å². The molecule has 1 heterocycles. The molecule has 1 aromatic rings. The highest BCUT2D eigenvalue weighted by Crippen LogP contribution is 2.23. The van der Waals surface area contributed by atoms with Crippen molar-refractivity contribution in [3.05, 3.63) is 23.1 Å². The smallest absolute Gasteiger partial charge is 0.256 e. The highest BCUT2D eigenvalue weighted by Gasteiger charge is 2.37. The SMILES string of the molecule is CC(C)(O)C(C)(C)NC(=O)c1ccoc1Cl. The van der Waals surface area contributed by atoms with Gasteiger partial charge in [0.05, 0.1) is 23.0 Å². The average molecular weight is 246 g/mol. The van der Waals surface area contributed by atoms with Crippen LogP contribution in [0.3, 0.4) is 0 Å². The van der Waals surface area contributed by atoms with Crippen molar-refractivity contribution in [2.24, 2.45) is 0 Å². The Balaban J connectivity index is 2.84. The third-order valence-electron chi connectivity index (χ3n) is 2.82. The second-order valence-corrected chi connectivity index (χ2v) is 5.09. The van der Waals surface area contributed by atoms with Crippen LogP contribution in [0.15, 0.2) is 16.7 Å². The summed E-state index contributed by atoms with van der Waals surface area (Å²) in [4.78, 5) is 11.8. The normalized spacial score (nSPS) is 12.6. The number of carbonyl (C=O) groups is 1. The molecule has 1 aromatic heterocycles. The van der Waals surface area contributed by atoms with Gasteiger partial charge in [0, 0.05) is 0 Å². The van der Waals surface area contributed by atoms with Crippen molar-refractivity contribution in [3.8, 4) is 0 Å². The summed E-state index contributed by atoms with van der Waals surface area (Å²) in [6.45, 7) is 6.73. The van der Waals surface area contributed by atoms with Crippen LogP contribution in [0.1, 0.15) is 38.1 Å². The van der Waals surface area contributed by atoms with E-state index in [1.165, 1.54) is 12.3 Å². The van der Waals surface area contributed by atoms with Gasteiger partial charge in [0.1, 0.15) is 0 Å². The first kappa shape index (κ1) is 13.1. The van der Waals surface area contributed by atoms with E-state index in [2.05, 4.69) is 5.32 Å². The van der Waals surface area contributed by atoms with E-state index in [0.717, 1.165) is 0 Å². The predicted molar refractivity (Wildman–Crippen MR) is 61.6 cm³/mol. The number of furan rings is 1. The quantitative estimate of drug-likeness (QED) is 0.858. The van der Waals surface area contributed by atoms with Crippen molar-refractivity contribution in [1.29, 1.82) is 0 Å². The Kier molecular flexibility index (Phi) is 3.35. The zero-order valence-corrected chi connectivity index (χ0v) is 10.6. The first-order chi connectivity index (χ1) is 7.15. The molecule has 0 aromatic carbocycles. The van der Waals surface area contributed by atoms with Gasteiger partial charge in [-0.2, -0.15) is 0 Å². The molecular formula is C11H16ClNO3. The summed E-state index contributed by atoms with van der Waals surface area (Å²) in [7, 11) is 0. The summed E-state index contributed by atoms with van der Waals surface area (Å²) in [6, 6.07) is 1.48. The van der Waals surface area contributed by atoms with E-state index in [1.807, 2.05) is 0 Å². The lowest BCUT2D eigenvalue weighted by Crippen LogP contribution is -2.57. The molecule has 0 aliphatic rings. The van der Waals surface area contributed by atoms with Gasteiger partial charge >= 0.3 is 0 Å². The third kappa shape index (κ3) is 2.57. The minimum absolute atomic E-state index is 0.0454. The standard InChI is InChI=1S/C11H16ClNO3/c1-10(2,11(3,4)15)13-9(14)7-5-6-16-8(7)12/h5-6,15H,1-4H3,(H,13,14). The van der Waals surface area contributed by atoms with Crippen LogP contribution in [-0.2, 0) is 0 Å². The van der Waals surface area contributed by atoms with Gasteiger partial charge in [-0.3, -0.25) is 4.79 Å². The molecule has 90 valence electrons. The molecule has 0 fully saturated rings. The maximum atomic E-state index is 11.8. The second kappa shape index (κ2) is 4.11. The molecular weight excluding hydrogens is 230 g/mol. The lowest BCUT2D eigenvalue weighted by molar-refractivity contribution is -0.00293. The largest absolute Gasteiger partial charge is 0.452 e. The Morgan fingerprint density at radius 3 is 2.38 bits per heavy atom. The molecule has 0 saturated heterocycles. The summed E-state index contributed by atoms with van der Waals surface area (Å²) >= 11 is 5.69. The number of nitrogens with one attached hydrogen (secondary N) is 1. The van der Waals surface area contributed by atoms with Crippen LogP contribution in [0.25, 0.3) is 0 Å². The molecule has 0 atom stereocenters. The maximum absolute atomic E-state index is 11.8. The van der Waals surface area contributed by atoms with Gasteiger partial charge in [0.2, 0.25) is 5.22 Å². The molecule has 0 saturated carbocycles. The third-order valence-corrected chi connectivity index (χ3v) is 3.11. The number of hydrogen-bond donors (Lipinski definition) is 2. The van der Waals surface area contributed by atoms with Crippen molar-refractivity contribution >= 4 is 17.5 Å². The van der Waals surface area contributed by atoms with E-state index < -0.39 is 11.1 Å². The molecule has 4 nitrogen and oxygen atoms in total. The van der Waals surface area contributed by atoms with Crippen LogP contribution >= 0.6 is 11.6 Å². The zero-order chi connectivity index (χ0) is 12.6. The summed E-state index contributed by atoms with van der Waals surface area (Å²) in [5, 5.41) is 12.6. The van der Waals surface area contributed by atoms with Crippen molar-refractivity contribution in [2.45, 2.75) is 38.8 Å². The fourth-order valence-corrected chi connectivity index (χ4v) is 1.16. The number of amides is 1. The zero-order valence-electron chi connectivity index (χ0n) is 9.80. The summed E-state index contributed by atoms with van der Waals surface area (Å²) in [5.41, 5.74) is -1.55. The molecule has 1 amide bonds. The first-order valence-corrected chi connectivity index (χ1v) is 5.31. The predicted octanol–water partition coefficient (Wildman–Crippen LogP) is 2.21. The Morgan fingerprint density at radius 2 is 2.00 bits per heavy atom. The van der Waals surface area contributed by atoms with Crippen LogP contribution in [-0.4, -0.2) is 22.2 Å². The highest BCUT2D eigenvalue weighted by atomic mass is 35.5. The molecule has 2 N–H and O–H groups in total. The molecule has 0 radical (unpaired) electrons. The molecule has 0 bridgehead atoms. The van der Waals surface area contributed by atoms with Crippen molar-refractivity contribution < 1.29 is 14.3 Å². The Bertz CT molecular complexity index is 390. The second-order valence-electron chi connectivity index (χ2n) is 4.75. The number of rotatable bonds is 3. The molecule has 0 spiro atoms. The topological polar surface area (TPSA) is 62.5 Å². The minimum atomic E-state index is -1.04. The van der Waals surface area contributed by atoms with E-state index in [0.29, 0.717) is 0 Å². The van der Waals surface area contributed by atoms with Gasteiger partial charge in [0.15, 0.2) is 0 Å². The Labute approximate surface area is 99.6 Å². The van der Waals surface area contributed by atoms with Gasteiger partial charge in [-0.05, 0) is 45.4 Å². The maximum Gasteiger partial charge on any atom is 0.256 e. The fourth-order valence-electron chi connectivity index (χ4n) is 0.960. The summed E-state index contributed by atoms with van der Waals surface area (Å²) in [5.74, 6) is -0.370. The van der Waals surface area contributed by atoms with E-state index in [4.69, 9.17) is 16.0 Å². The van der Waals surface area contributed by atoms with Crippen LogP contribution in [0, 0.1) is 0 Å². The fraction of sp³-hybridized carbons (Fsp3) is 0.545. The van der Waals surface area contributed by atoms with Crippen molar-refractivity contribution in [2.75, 3.05) is 0 Å². The highest BCUT2D eigenvalue weighted by molar-refractivity contribution is 6.32. The number of halogens is 1. The van der Waals surface area contributed by atoms with Gasteiger partial charge < -0.3 is 14.8 Å². The Hall–Kier alpha value is -1.00. The van der Waals surface area contributed by atoms with Crippen LogP contribution < -0.4 is 5.32 Å². The first-order valence-electron chi connectivity index (χ1n) is 4.93. The lowest BCUT2D eigenvalue weighted by Gasteiger charge is -2.37. The molecule has 1 rings (SSSR count). The molecule has 0 unspecified atom stereocenters. The van der Waals surface area contributed by atoms with E-state index in [-0.39, 0.29) is 16.7 Å². The number of hydrogen-bond acceptors (Lipinski definition) is 3.